The maximum absolute atomic E-state index is 13.0. The van der Waals surface area contributed by atoms with Gasteiger partial charge in [-0.15, -0.1) is 0 Å². The Morgan fingerprint density at radius 1 is 1.20 bits per heavy atom. The van der Waals surface area contributed by atoms with E-state index in [1.807, 2.05) is 6.07 Å². The highest BCUT2D eigenvalue weighted by atomic mass is 19.4. The van der Waals surface area contributed by atoms with Crippen LogP contribution in [0.15, 0.2) is 18.2 Å². The van der Waals surface area contributed by atoms with Crippen molar-refractivity contribution in [3.63, 3.8) is 0 Å². The standard InChI is InChI=1S/C19H24F3NO2/c1-12-7-14(9-16(8-12)19(20,21)22)13-3-5-23(6-4-13)17(24)15-10-18(2,25)11-15/h7-9,13,15,25H,3-6,10-11H2,1-2H3/t15-,18+. The van der Waals surface area contributed by atoms with Crippen molar-refractivity contribution >= 4 is 5.91 Å². The lowest BCUT2D eigenvalue weighted by Gasteiger charge is -2.43. The maximum atomic E-state index is 13.0. The smallest absolute Gasteiger partial charge is 0.390 e. The summed E-state index contributed by atoms with van der Waals surface area (Å²) >= 11 is 0. The van der Waals surface area contributed by atoms with Crippen LogP contribution in [0.4, 0.5) is 13.2 Å². The van der Waals surface area contributed by atoms with Crippen molar-refractivity contribution in [1.82, 2.24) is 4.90 Å². The number of carbonyl (C=O) groups is 1. The molecule has 1 saturated carbocycles. The number of rotatable bonds is 2. The fourth-order valence-electron chi connectivity index (χ4n) is 4.08. The third-order valence-electron chi connectivity index (χ3n) is 5.43. The van der Waals surface area contributed by atoms with E-state index in [4.69, 9.17) is 0 Å². The minimum atomic E-state index is -4.33. The highest BCUT2D eigenvalue weighted by Crippen LogP contribution is 2.40. The number of hydrogen-bond acceptors (Lipinski definition) is 2. The molecular formula is C19H24F3NO2. The summed E-state index contributed by atoms with van der Waals surface area (Å²) in [6, 6.07) is 4.24. The average molecular weight is 355 g/mol. The van der Waals surface area contributed by atoms with Crippen molar-refractivity contribution in [2.75, 3.05) is 13.1 Å². The lowest BCUT2D eigenvalue weighted by Crippen LogP contribution is -2.51. The third kappa shape index (κ3) is 4.00. The molecule has 138 valence electrons. The van der Waals surface area contributed by atoms with Crippen molar-refractivity contribution in [3.8, 4) is 0 Å². The highest BCUT2D eigenvalue weighted by Gasteiger charge is 2.44. The fraction of sp³-hybridized carbons (Fsp3) is 0.632. The molecule has 2 aliphatic rings. The summed E-state index contributed by atoms with van der Waals surface area (Å²) in [5.41, 5.74) is -0.00228. The van der Waals surface area contributed by atoms with Gasteiger partial charge in [0, 0.05) is 19.0 Å². The van der Waals surface area contributed by atoms with Crippen molar-refractivity contribution < 1.29 is 23.1 Å². The molecule has 0 unspecified atom stereocenters. The SMILES string of the molecule is Cc1cc(C2CCN(C(=O)[C@H]3C[C@@](C)(O)C3)CC2)cc(C(F)(F)F)c1. The third-order valence-corrected chi connectivity index (χ3v) is 5.43. The topological polar surface area (TPSA) is 40.5 Å². The average Bonchev–Trinajstić information content (AvgIpc) is 2.50. The van der Waals surface area contributed by atoms with E-state index in [1.54, 1.807) is 18.7 Å². The Morgan fingerprint density at radius 3 is 2.32 bits per heavy atom. The number of amides is 1. The Labute approximate surface area is 145 Å². The largest absolute Gasteiger partial charge is 0.416 e. The summed E-state index contributed by atoms with van der Waals surface area (Å²) in [6.45, 7) is 4.55. The van der Waals surface area contributed by atoms with Gasteiger partial charge in [0.15, 0.2) is 0 Å². The van der Waals surface area contributed by atoms with Gasteiger partial charge in [-0.1, -0.05) is 11.6 Å². The number of benzene rings is 1. The van der Waals surface area contributed by atoms with E-state index in [2.05, 4.69) is 0 Å². The number of likely N-dealkylation sites (tertiary alicyclic amines) is 1. The van der Waals surface area contributed by atoms with Crippen LogP contribution in [0.1, 0.15) is 55.2 Å². The molecule has 3 nitrogen and oxygen atoms in total. The summed E-state index contributed by atoms with van der Waals surface area (Å²) in [7, 11) is 0. The number of nitrogens with zero attached hydrogens (tertiary/aromatic N) is 1. The van der Waals surface area contributed by atoms with E-state index in [0.29, 0.717) is 49.9 Å². The van der Waals surface area contributed by atoms with Gasteiger partial charge >= 0.3 is 6.18 Å². The number of carbonyl (C=O) groups excluding carboxylic acids is 1. The molecular weight excluding hydrogens is 331 g/mol. The summed E-state index contributed by atoms with van der Waals surface area (Å²) < 4.78 is 39.0. The molecule has 3 rings (SSSR count). The first-order valence-electron chi connectivity index (χ1n) is 8.75. The van der Waals surface area contributed by atoms with Gasteiger partial charge in [0.05, 0.1) is 11.2 Å². The molecule has 0 bridgehead atoms. The molecule has 1 heterocycles. The molecule has 1 saturated heterocycles. The predicted octanol–water partition coefficient (Wildman–Crippen LogP) is 3.88. The predicted molar refractivity (Wildman–Crippen MR) is 88.1 cm³/mol. The van der Waals surface area contributed by atoms with Crippen LogP contribution in [0.2, 0.25) is 0 Å². The Kier molecular flexibility index (Phi) is 4.60. The quantitative estimate of drug-likeness (QED) is 0.875. The highest BCUT2D eigenvalue weighted by molar-refractivity contribution is 5.80. The molecule has 1 aromatic rings. The monoisotopic (exact) mass is 355 g/mol. The molecule has 2 fully saturated rings. The Balaban J connectivity index is 1.63. The van der Waals surface area contributed by atoms with E-state index >= 15 is 0 Å². The first-order valence-corrected chi connectivity index (χ1v) is 8.75. The van der Waals surface area contributed by atoms with Crippen molar-refractivity contribution in [3.05, 3.63) is 34.9 Å². The van der Waals surface area contributed by atoms with Gasteiger partial charge in [0.1, 0.15) is 0 Å². The second-order valence-corrected chi connectivity index (χ2v) is 7.83. The number of hydrogen-bond donors (Lipinski definition) is 1. The van der Waals surface area contributed by atoms with Gasteiger partial charge in [0.2, 0.25) is 5.91 Å². The van der Waals surface area contributed by atoms with E-state index in [0.717, 1.165) is 0 Å². The van der Waals surface area contributed by atoms with Crippen LogP contribution in [0.3, 0.4) is 0 Å². The van der Waals surface area contributed by atoms with Gasteiger partial charge in [-0.05, 0) is 63.1 Å². The molecule has 0 spiro atoms. The molecule has 0 radical (unpaired) electrons. The molecule has 1 aliphatic heterocycles. The van der Waals surface area contributed by atoms with Gasteiger partial charge in [-0.3, -0.25) is 4.79 Å². The van der Waals surface area contributed by atoms with Crippen molar-refractivity contribution in [1.29, 1.82) is 0 Å². The van der Waals surface area contributed by atoms with Crippen molar-refractivity contribution in [2.45, 2.75) is 57.2 Å². The van der Waals surface area contributed by atoms with E-state index in [-0.39, 0.29) is 17.7 Å². The summed E-state index contributed by atoms with van der Waals surface area (Å²) in [4.78, 5) is 14.2. The van der Waals surface area contributed by atoms with Crippen LogP contribution in [0, 0.1) is 12.8 Å². The number of alkyl halides is 3. The van der Waals surface area contributed by atoms with Crippen LogP contribution >= 0.6 is 0 Å². The molecule has 1 N–H and O–H groups in total. The Bertz CT molecular complexity index is 653. The molecule has 0 aromatic heterocycles. The second kappa shape index (κ2) is 6.31. The van der Waals surface area contributed by atoms with Gasteiger partial charge in [0.25, 0.3) is 0 Å². The lowest BCUT2D eigenvalue weighted by atomic mass is 9.71. The van der Waals surface area contributed by atoms with Crippen LogP contribution in [0.5, 0.6) is 0 Å². The summed E-state index contributed by atoms with van der Waals surface area (Å²) in [6.07, 6.45) is -1.99. The zero-order chi connectivity index (χ0) is 18.4. The van der Waals surface area contributed by atoms with E-state index in [1.165, 1.54) is 12.1 Å². The summed E-state index contributed by atoms with van der Waals surface area (Å²) in [5, 5.41) is 9.78. The number of halogens is 3. The minimum absolute atomic E-state index is 0.0505. The normalized spacial score (nSPS) is 27.9. The molecule has 6 heteroatoms. The van der Waals surface area contributed by atoms with Gasteiger partial charge < -0.3 is 10.0 Å². The molecule has 0 atom stereocenters. The number of aliphatic hydroxyl groups is 1. The van der Waals surface area contributed by atoms with E-state index < -0.39 is 17.3 Å². The minimum Gasteiger partial charge on any atom is -0.390 e. The van der Waals surface area contributed by atoms with Crippen LogP contribution < -0.4 is 0 Å². The molecule has 25 heavy (non-hydrogen) atoms. The first-order chi connectivity index (χ1) is 11.5. The molecule has 1 aliphatic carbocycles. The van der Waals surface area contributed by atoms with Crippen LogP contribution in [0.25, 0.3) is 0 Å². The Hall–Kier alpha value is -1.56. The number of piperidine rings is 1. The van der Waals surface area contributed by atoms with E-state index in [9.17, 15) is 23.1 Å². The molecule has 1 aromatic carbocycles. The zero-order valence-corrected chi connectivity index (χ0v) is 14.6. The van der Waals surface area contributed by atoms with Gasteiger partial charge in [-0.25, -0.2) is 0 Å². The fourth-order valence-corrected chi connectivity index (χ4v) is 4.08. The lowest BCUT2D eigenvalue weighted by molar-refractivity contribution is -0.150. The second-order valence-electron chi connectivity index (χ2n) is 7.83. The van der Waals surface area contributed by atoms with Gasteiger partial charge in [-0.2, -0.15) is 13.2 Å². The number of aryl methyl sites for hydroxylation is 1. The summed E-state index contributed by atoms with van der Waals surface area (Å²) in [5.74, 6) is 0.0158. The Morgan fingerprint density at radius 2 is 1.80 bits per heavy atom. The van der Waals surface area contributed by atoms with Crippen LogP contribution in [-0.4, -0.2) is 34.6 Å². The first kappa shape index (κ1) is 18.2. The van der Waals surface area contributed by atoms with Crippen LogP contribution in [-0.2, 0) is 11.0 Å². The zero-order valence-electron chi connectivity index (χ0n) is 14.6. The van der Waals surface area contributed by atoms with Crippen molar-refractivity contribution in [2.24, 2.45) is 5.92 Å². The molecule has 1 amide bonds. The maximum Gasteiger partial charge on any atom is 0.416 e.